The molecule has 0 amide bonds. The standard InChI is InChI=1S/C19H16BrNO3/c1-11-18(12(2)22)16-10-15(7-8-17(16)21(11)3)24-19(23)13-5-4-6-14(20)9-13/h4-10H,1-3H3. The SMILES string of the molecule is CC(=O)c1c(C)n(C)c2ccc(OC(=O)c3cccc(Br)c3)cc12. The summed E-state index contributed by atoms with van der Waals surface area (Å²) in [5, 5.41) is 0.794. The van der Waals surface area contributed by atoms with Crippen LogP contribution in [-0.2, 0) is 7.05 Å². The summed E-state index contributed by atoms with van der Waals surface area (Å²) in [5.41, 5.74) is 2.95. The van der Waals surface area contributed by atoms with Crippen molar-refractivity contribution in [3.05, 3.63) is 63.8 Å². The summed E-state index contributed by atoms with van der Waals surface area (Å²) in [7, 11) is 1.91. The minimum absolute atomic E-state index is 0.00596. The molecule has 1 heterocycles. The first-order valence-corrected chi connectivity index (χ1v) is 8.25. The summed E-state index contributed by atoms with van der Waals surface area (Å²) in [6.07, 6.45) is 0. The van der Waals surface area contributed by atoms with Gasteiger partial charge in [0.15, 0.2) is 5.78 Å². The number of benzene rings is 2. The molecule has 5 heteroatoms. The highest BCUT2D eigenvalue weighted by molar-refractivity contribution is 9.10. The van der Waals surface area contributed by atoms with E-state index in [0.29, 0.717) is 16.9 Å². The number of ketones is 1. The molecule has 3 rings (SSSR count). The largest absolute Gasteiger partial charge is 0.423 e. The van der Waals surface area contributed by atoms with Crippen molar-refractivity contribution in [3.63, 3.8) is 0 Å². The first-order valence-electron chi connectivity index (χ1n) is 7.46. The zero-order valence-electron chi connectivity index (χ0n) is 13.6. The highest BCUT2D eigenvalue weighted by atomic mass is 79.9. The molecule has 3 aromatic rings. The average Bonchev–Trinajstić information content (AvgIpc) is 2.78. The van der Waals surface area contributed by atoms with Crippen LogP contribution < -0.4 is 4.74 Å². The molecule has 0 aliphatic carbocycles. The summed E-state index contributed by atoms with van der Waals surface area (Å²) in [5.74, 6) is -0.0261. The number of hydrogen-bond donors (Lipinski definition) is 0. The molecule has 1 aromatic heterocycles. The van der Waals surface area contributed by atoms with Crippen LogP contribution in [-0.4, -0.2) is 16.3 Å². The number of halogens is 1. The highest BCUT2D eigenvalue weighted by Crippen LogP contribution is 2.29. The first-order chi connectivity index (χ1) is 11.4. The van der Waals surface area contributed by atoms with Crippen molar-refractivity contribution in [2.75, 3.05) is 0 Å². The van der Waals surface area contributed by atoms with Crippen LogP contribution in [0.1, 0.15) is 33.3 Å². The second-order valence-corrected chi connectivity index (χ2v) is 6.57. The number of aromatic nitrogens is 1. The van der Waals surface area contributed by atoms with Crippen LogP contribution in [0.5, 0.6) is 5.75 Å². The molecule has 0 fully saturated rings. The second kappa shape index (κ2) is 6.24. The summed E-state index contributed by atoms with van der Waals surface area (Å²) in [6.45, 7) is 3.45. The summed E-state index contributed by atoms with van der Waals surface area (Å²) >= 11 is 3.34. The van der Waals surface area contributed by atoms with Gasteiger partial charge in [0.1, 0.15) is 5.75 Å². The maximum absolute atomic E-state index is 12.3. The van der Waals surface area contributed by atoms with E-state index in [4.69, 9.17) is 4.74 Å². The van der Waals surface area contributed by atoms with Crippen molar-refractivity contribution < 1.29 is 14.3 Å². The van der Waals surface area contributed by atoms with Crippen molar-refractivity contribution in [2.45, 2.75) is 13.8 Å². The van der Waals surface area contributed by atoms with Gasteiger partial charge in [-0.1, -0.05) is 22.0 Å². The number of fused-ring (bicyclic) bond motifs is 1. The lowest BCUT2D eigenvalue weighted by atomic mass is 10.1. The maximum Gasteiger partial charge on any atom is 0.343 e. The number of esters is 1. The van der Waals surface area contributed by atoms with Gasteiger partial charge in [-0.25, -0.2) is 4.79 Å². The molecule has 0 radical (unpaired) electrons. The normalized spacial score (nSPS) is 10.8. The van der Waals surface area contributed by atoms with E-state index in [1.807, 2.05) is 30.7 Å². The minimum atomic E-state index is -0.437. The van der Waals surface area contributed by atoms with Crippen molar-refractivity contribution in [3.8, 4) is 5.75 Å². The molecule has 0 N–H and O–H groups in total. The molecule has 0 bridgehead atoms. The van der Waals surface area contributed by atoms with E-state index in [2.05, 4.69) is 15.9 Å². The van der Waals surface area contributed by atoms with Crippen LogP contribution in [0.25, 0.3) is 10.9 Å². The number of hydrogen-bond acceptors (Lipinski definition) is 3. The van der Waals surface area contributed by atoms with Gasteiger partial charge in [0, 0.05) is 33.7 Å². The van der Waals surface area contributed by atoms with Crippen molar-refractivity contribution in [1.82, 2.24) is 4.57 Å². The lowest BCUT2D eigenvalue weighted by molar-refractivity contribution is 0.0734. The van der Waals surface area contributed by atoms with E-state index in [0.717, 1.165) is 21.1 Å². The monoisotopic (exact) mass is 385 g/mol. The maximum atomic E-state index is 12.3. The fraction of sp³-hybridized carbons (Fsp3) is 0.158. The summed E-state index contributed by atoms with van der Waals surface area (Å²) < 4.78 is 8.24. The Hall–Kier alpha value is -2.40. The molecule has 24 heavy (non-hydrogen) atoms. The Bertz CT molecular complexity index is 972. The Morgan fingerprint density at radius 2 is 1.88 bits per heavy atom. The molecular weight excluding hydrogens is 370 g/mol. The van der Waals surface area contributed by atoms with Crippen LogP contribution in [0.2, 0.25) is 0 Å². The van der Waals surface area contributed by atoms with Gasteiger partial charge < -0.3 is 9.30 Å². The van der Waals surface area contributed by atoms with Gasteiger partial charge >= 0.3 is 5.97 Å². The molecule has 0 saturated carbocycles. The lowest BCUT2D eigenvalue weighted by Crippen LogP contribution is -2.08. The van der Waals surface area contributed by atoms with Crippen LogP contribution in [0.4, 0.5) is 0 Å². The third-order valence-electron chi connectivity index (χ3n) is 4.09. The van der Waals surface area contributed by atoms with E-state index < -0.39 is 5.97 Å². The lowest BCUT2D eigenvalue weighted by Gasteiger charge is -2.06. The Balaban J connectivity index is 2.01. The first kappa shape index (κ1) is 16.5. The van der Waals surface area contributed by atoms with E-state index >= 15 is 0 Å². The number of nitrogens with zero attached hydrogens (tertiary/aromatic N) is 1. The fourth-order valence-corrected chi connectivity index (χ4v) is 3.24. The number of carbonyl (C=O) groups excluding carboxylic acids is 2. The molecular formula is C19H16BrNO3. The Morgan fingerprint density at radius 1 is 1.12 bits per heavy atom. The van der Waals surface area contributed by atoms with Crippen LogP contribution in [0.15, 0.2) is 46.9 Å². The van der Waals surface area contributed by atoms with Gasteiger partial charge in [0.05, 0.1) is 5.56 Å². The Morgan fingerprint density at radius 3 is 2.54 bits per heavy atom. The third kappa shape index (κ3) is 2.87. The molecule has 0 aliphatic heterocycles. The quantitative estimate of drug-likeness (QED) is 0.373. The molecule has 0 unspecified atom stereocenters. The topological polar surface area (TPSA) is 48.3 Å². The van der Waals surface area contributed by atoms with Gasteiger partial charge in [0.2, 0.25) is 0 Å². The van der Waals surface area contributed by atoms with E-state index in [1.54, 1.807) is 37.3 Å². The molecule has 0 saturated heterocycles. The van der Waals surface area contributed by atoms with Crippen LogP contribution in [0, 0.1) is 6.92 Å². The Kier molecular flexibility index (Phi) is 4.28. The van der Waals surface area contributed by atoms with Gasteiger partial charge in [-0.15, -0.1) is 0 Å². The minimum Gasteiger partial charge on any atom is -0.423 e. The molecule has 122 valence electrons. The predicted molar refractivity (Wildman–Crippen MR) is 96.8 cm³/mol. The molecule has 0 spiro atoms. The smallest absolute Gasteiger partial charge is 0.343 e. The molecule has 0 aliphatic rings. The molecule has 4 nitrogen and oxygen atoms in total. The zero-order chi connectivity index (χ0) is 17.4. The van der Waals surface area contributed by atoms with Gasteiger partial charge in [-0.2, -0.15) is 0 Å². The van der Waals surface area contributed by atoms with Gasteiger partial charge in [0.25, 0.3) is 0 Å². The van der Waals surface area contributed by atoms with Crippen molar-refractivity contribution in [1.29, 1.82) is 0 Å². The van der Waals surface area contributed by atoms with Crippen LogP contribution >= 0.6 is 15.9 Å². The highest BCUT2D eigenvalue weighted by Gasteiger charge is 2.17. The third-order valence-corrected chi connectivity index (χ3v) is 4.58. The summed E-state index contributed by atoms with van der Waals surface area (Å²) in [4.78, 5) is 24.2. The van der Waals surface area contributed by atoms with Gasteiger partial charge in [-0.05, 0) is 50.2 Å². The Labute approximate surface area is 148 Å². The van der Waals surface area contributed by atoms with E-state index in [-0.39, 0.29) is 5.78 Å². The predicted octanol–water partition coefficient (Wildman–Crippen LogP) is 4.67. The van der Waals surface area contributed by atoms with Crippen molar-refractivity contribution in [2.24, 2.45) is 7.05 Å². The summed E-state index contributed by atoms with van der Waals surface area (Å²) in [6, 6.07) is 12.4. The number of ether oxygens (including phenoxy) is 1. The second-order valence-electron chi connectivity index (χ2n) is 5.65. The average molecular weight is 386 g/mol. The molecule has 0 atom stereocenters. The van der Waals surface area contributed by atoms with E-state index in [1.165, 1.54) is 0 Å². The van der Waals surface area contributed by atoms with Crippen LogP contribution in [0.3, 0.4) is 0 Å². The number of Topliss-reactive ketones (excluding diaryl/α,β-unsaturated/α-hetero) is 1. The van der Waals surface area contributed by atoms with Gasteiger partial charge in [-0.3, -0.25) is 4.79 Å². The number of rotatable bonds is 3. The van der Waals surface area contributed by atoms with E-state index in [9.17, 15) is 9.59 Å². The van der Waals surface area contributed by atoms with Crippen molar-refractivity contribution >= 4 is 38.6 Å². The zero-order valence-corrected chi connectivity index (χ0v) is 15.2. The fourth-order valence-electron chi connectivity index (χ4n) is 2.84. The number of aryl methyl sites for hydroxylation is 1. The molecule has 2 aromatic carbocycles. The number of carbonyl (C=O) groups is 2.